The third kappa shape index (κ3) is 5.34. The predicted molar refractivity (Wildman–Crippen MR) is 137 cm³/mol. The molecule has 1 aliphatic heterocycles. The van der Waals surface area contributed by atoms with Gasteiger partial charge in [-0.25, -0.2) is 0 Å². The zero-order valence-corrected chi connectivity index (χ0v) is 21.6. The number of methoxy groups -OCH3 is 1. The fraction of sp³-hybridized carbons (Fsp3) is 0.286. The third-order valence-corrected chi connectivity index (χ3v) is 6.61. The molecule has 0 aliphatic carbocycles. The van der Waals surface area contributed by atoms with Gasteiger partial charge in [0.15, 0.2) is 12.4 Å². The number of pyridine rings is 1. The summed E-state index contributed by atoms with van der Waals surface area (Å²) in [4.78, 5) is 40.4. The summed E-state index contributed by atoms with van der Waals surface area (Å²) in [6.07, 6.45) is 0.253. The molecule has 39 heavy (non-hydrogen) atoms. The number of fused-ring (bicyclic) bond motifs is 1. The monoisotopic (exact) mass is 536 g/mol. The summed E-state index contributed by atoms with van der Waals surface area (Å²) in [5.74, 6) is -3.66. The van der Waals surface area contributed by atoms with Crippen LogP contribution < -0.4 is 10.5 Å². The third-order valence-electron chi connectivity index (χ3n) is 6.61. The average molecular weight is 537 g/mol. The van der Waals surface area contributed by atoms with Crippen LogP contribution in [0.15, 0.2) is 36.5 Å². The van der Waals surface area contributed by atoms with Crippen molar-refractivity contribution < 1.29 is 43.9 Å². The van der Waals surface area contributed by atoms with Gasteiger partial charge in [0.05, 0.1) is 31.4 Å². The van der Waals surface area contributed by atoms with E-state index < -0.39 is 41.2 Å². The van der Waals surface area contributed by atoms with Gasteiger partial charge >= 0.3 is 5.97 Å². The van der Waals surface area contributed by atoms with Crippen LogP contribution in [0.5, 0.6) is 23.0 Å². The first-order chi connectivity index (χ1) is 18.5. The summed E-state index contributed by atoms with van der Waals surface area (Å²) in [6, 6.07) is 7.64. The van der Waals surface area contributed by atoms with Crippen LogP contribution in [-0.4, -0.2) is 51.7 Å². The molecule has 1 aliphatic rings. The summed E-state index contributed by atoms with van der Waals surface area (Å²) >= 11 is 0. The molecular formula is C28H28N2O9. The molecule has 204 valence electrons. The molecule has 1 aromatic heterocycles. The summed E-state index contributed by atoms with van der Waals surface area (Å²) in [5, 5.41) is 33.6. The zero-order valence-electron chi connectivity index (χ0n) is 21.6. The van der Waals surface area contributed by atoms with Gasteiger partial charge in [-0.15, -0.1) is 0 Å². The van der Waals surface area contributed by atoms with Gasteiger partial charge in [0, 0.05) is 34.4 Å². The van der Waals surface area contributed by atoms with Crippen molar-refractivity contribution in [2.45, 2.75) is 38.9 Å². The van der Waals surface area contributed by atoms with Crippen LogP contribution in [0, 0.1) is 6.92 Å². The molecule has 4 rings (SSSR count). The quantitative estimate of drug-likeness (QED) is 0.235. The number of aromatic hydroxyl groups is 3. The first-order valence-electron chi connectivity index (χ1n) is 12.0. The topological polar surface area (TPSA) is 178 Å². The lowest BCUT2D eigenvalue weighted by molar-refractivity contribution is -0.140. The number of amides is 1. The predicted octanol–water partition coefficient (Wildman–Crippen LogP) is 2.89. The molecule has 3 aromatic rings. The summed E-state index contributed by atoms with van der Waals surface area (Å²) in [7, 11) is 1.20. The molecule has 0 radical (unpaired) electrons. The SMILES string of the molecule is COC(=O)CC(c1cccc(OCC(N)=O)c1)c1c(O)c(C(C)=O)cc(C2OCc3cnc(C)c(O)c32)c1O. The van der Waals surface area contributed by atoms with Crippen LogP contribution >= 0.6 is 0 Å². The van der Waals surface area contributed by atoms with E-state index in [2.05, 4.69) is 4.98 Å². The van der Waals surface area contributed by atoms with Crippen LogP contribution in [0.1, 0.15) is 69.2 Å². The van der Waals surface area contributed by atoms with Crippen LogP contribution in [0.3, 0.4) is 0 Å². The largest absolute Gasteiger partial charge is 0.507 e. The van der Waals surface area contributed by atoms with Crippen LogP contribution in [0.25, 0.3) is 0 Å². The second-order valence-corrected chi connectivity index (χ2v) is 9.16. The highest BCUT2D eigenvalue weighted by Gasteiger charge is 2.36. The van der Waals surface area contributed by atoms with Crippen molar-refractivity contribution in [3.05, 3.63) is 75.6 Å². The maximum Gasteiger partial charge on any atom is 0.306 e. The number of Topliss-reactive ketones (excluding diaryl/α,β-unsaturated/α-hetero) is 1. The Morgan fingerprint density at radius 3 is 2.56 bits per heavy atom. The van der Waals surface area contributed by atoms with E-state index in [9.17, 15) is 29.7 Å². The van der Waals surface area contributed by atoms with Crippen LogP contribution in [0.2, 0.25) is 0 Å². The van der Waals surface area contributed by atoms with Crippen molar-refractivity contribution in [1.29, 1.82) is 0 Å². The van der Waals surface area contributed by atoms with E-state index in [1.54, 1.807) is 31.3 Å². The van der Waals surface area contributed by atoms with Crippen LogP contribution in [0.4, 0.5) is 0 Å². The van der Waals surface area contributed by atoms with E-state index in [1.165, 1.54) is 26.2 Å². The van der Waals surface area contributed by atoms with Crippen LogP contribution in [-0.2, 0) is 25.7 Å². The van der Waals surface area contributed by atoms with E-state index in [-0.39, 0.29) is 47.8 Å². The minimum Gasteiger partial charge on any atom is -0.507 e. The smallest absolute Gasteiger partial charge is 0.306 e. The number of nitrogens with two attached hydrogens (primary N) is 1. The highest BCUT2D eigenvalue weighted by Crippen LogP contribution is 2.50. The molecule has 11 nitrogen and oxygen atoms in total. The maximum absolute atomic E-state index is 12.6. The Balaban J connectivity index is 1.94. The number of carbonyl (C=O) groups excluding carboxylic acids is 3. The molecule has 0 saturated carbocycles. The Kier molecular flexibility index (Phi) is 7.73. The number of benzene rings is 2. The fourth-order valence-electron chi connectivity index (χ4n) is 4.68. The number of nitrogens with zero attached hydrogens (tertiary/aromatic N) is 1. The summed E-state index contributed by atoms with van der Waals surface area (Å²) in [5.41, 5.74) is 6.81. The zero-order chi connectivity index (χ0) is 28.4. The van der Waals surface area contributed by atoms with E-state index >= 15 is 0 Å². The number of aromatic nitrogens is 1. The van der Waals surface area contributed by atoms with E-state index in [0.717, 1.165) is 0 Å². The number of rotatable bonds is 9. The standard InChI is InChI=1S/C28H28N2O9/c1-13-25(34)23-16(10-30-13)11-39-28(23)20-8-18(14(2)31)26(35)24(27(20)36)19(9-22(33)37-3)15-5-4-6-17(7-15)38-12-21(29)32/h4-8,10,19,28,34-36H,9,11-12H2,1-3H3,(H2,29,32). The average Bonchev–Trinajstić information content (AvgIpc) is 3.33. The number of aryl methyl sites for hydroxylation is 1. The van der Waals surface area contributed by atoms with E-state index in [0.29, 0.717) is 22.4 Å². The lowest BCUT2D eigenvalue weighted by Gasteiger charge is -2.25. The number of carbonyl (C=O) groups is 3. The molecule has 0 bridgehead atoms. The second-order valence-electron chi connectivity index (χ2n) is 9.16. The van der Waals surface area contributed by atoms with Gasteiger partial charge in [-0.2, -0.15) is 0 Å². The minimum atomic E-state index is -1.01. The molecule has 11 heteroatoms. The Morgan fingerprint density at radius 1 is 1.15 bits per heavy atom. The number of ether oxygens (including phenoxy) is 3. The lowest BCUT2D eigenvalue weighted by Crippen LogP contribution is -2.20. The lowest BCUT2D eigenvalue weighted by atomic mass is 9.83. The molecule has 2 heterocycles. The molecule has 1 amide bonds. The van der Waals surface area contributed by atoms with Gasteiger partial charge in [0.1, 0.15) is 29.1 Å². The number of hydrogen-bond donors (Lipinski definition) is 4. The summed E-state index contributed by atoms with van der Waals surface area (Å²) < 4.78 is 16.2. The number of hydrogen-bond acceptors (Lipinski definition) is 10. The minimum absolute atomic E-state index is 0.0940. The second kappa shape index (κ2) is 11.0. The van der Waals surface area contributed by atoms with Crippen molar-refractivity contribution in [3.63, 3.8) is 0 Å². The Bertz CT molecular complexity index is 1470. The Labute approximate surface area is 223 Å². The van der Waals surface area contributed by atoms with Gasteiger partial charge in [-0.3, -0.25) is 19.4 Å². The van der Waals surface area contributed by atoms with E-state index in [4.69, 9.17) is 19.9 Å². The van der Waals surface area contributed by atoms with Gasteiger partial charge in [0.2, 0.25) is 0 Å². The van der Waals surface area contributed by atoms with Crippen molar-refractivity contribution in [2.75, 3.05) is 13.7 Å². The normalized spacial score (nSPS) is 14.9. The van der Waals surface area contributed by atoms with Crippen molar-refractivity contribution >= 4 is 17.7 Å². The highest BCUT2D eigenvalue weighted by molar-refractivity contribution is 5.98. The molecule has 2 unspecified atom stereocenters. The first-order valence-corrected chi connectivity index (χ1v) is 12.0. The fourth-order valence-corrected chi connectivity index (χ4v) is 4.68. The number of phenolic OH excluding ortho intramolecular Hbond substituents is 2. The number of phenols is 2. The first kappa shape index (κ1) is 27.4. The number of esters is 1. The number of primary amides is 1. The molecule has 0 fully saturated rings. The molecule has 5 N–H and O–H groups in total. The maximum atomic E-state index is 12.6. The van der Waals surface area contributed by atoms with Gasteiger partial charge in [-0.05, 0) is 37.6 Å². The molecule has 0 spiro atoms. The van der Waals surface area contributed by atoms with Gasteiger partial charge in [0.25, 0.3) is 5.91 Å². The molecule has 2 atom stereocenters. The van der Waals surface area contributed by atoms with Crippen molar-refractivity contribution in [3.8, 4) is 23.0 Å². The molecule has 0 saturated heterocycles. The highest BCUT2D eigenvalue weighted by atomic mass is 16.5. The van der Waals surface area contributed by atoms with Crippen molar-refractivity contribution in [1.82, 2.24) is 4.98 Å². The summed E-state index contributed by atoms with van der Waals surface area (Å²) in [6.45, 7) is 2.58. The Hall–Kier alpha value is -4.64. The van der Waals surface area contributed by atoms with E-state index in [1.807, 2.05) is 0 Å². The molecule has 2 aromatic carbocycles. The van der Waals surface area contributed by atoms with Crippen molar-refractivity contribution in [2.24, 2.45) is 5.73 Å². The number of ketones is 1. The van der Waals surface area contributed by atoms with Gasteiger partial charge in [-0.1, -0.05) is 12.1 Å². The van der Waals surface area contributed by atoms with Gasteiger partial charge < -0.3 is 35.3 Å². The molecular weight excluding hydrogens is 508 g/mol. The Morgan fingerprint density at radius 2 is 1.90 bits per heavy atom.